The van der Waals surface area contributed by atoms with Crippen molar-refractivity contribution in [1.29, 1.82) is 0 Å². The summed E-state index contributed by atoms with van der Waals surface area (Å²) < 4.78 is 0. The highest BCUT2D eigenvalue weighted by molar-refractivity contribution is 14.0. The van der Waals surface area contributed by atoms with Crippen molar-refractivity contribution >= 4 is 47.4 Å². The van der Waals surface area contributed by atoms with E-state index >= 15 is 0 Å². The molecular formula is C23H38ClIN6O. The lowest BCUT2D eigenvalue weighted by molar-refractivity contribution is -0.135. The number of hydrogen-bond donors (Lipinski definition) is 1. The number of nitrogens with zero attached hydrogens (tertiary/aromatic N) is 5. The molecule has 0 aliphatic carbocycles. The van der Waals surface area contributed by atoms with Crippen molar-refractivity contribution in [3.8, 4) is 0 Å². The zero-order valence-corrected chi connectivity index (χ0v) is 22.5. The minimum Gasteiger partial charge on any atom is -0.356 e. The average molecular weight is 577 g/mol. The smallest absolute Gasteiger partial charge is 0.242 e. The zero-order valence-electron chi connectivity index (χ0n) is 19.4. The van der Waals surface area contributed by atoms with Gasteiger partial charge in [0, 0.05) is 64.4 Å². The average Bonchev–Trinajstić information content (AvgIpc) is 2.79. The van der Waals surface area contributed by atoms with E-state index in [1.165, 1.54) is 39.1 Å². The van der Waals surface area contributed by atoms with E-state index in [1.807, 2.05) is 29.2 Å². The van der Waals surface area contributed by atoms with Gasteiger partial charge >= 0.3 is 0 Å². The molecule has 3 rings (SSSR count). The lowest BCUT2D eigenvalue weighted by Gasteiger charge is -2.36. The second-order valence-electron chi connectivity index (χ2n) is 8.32. The Labute approximate surface area is 215 Å². The van der Waals surface area contributed by atoms with E-state index < -0.39 is 0 Å². The van der Waals surface area contributed by atoms with Gasteiger partial charge in [-0.3, -0.25) is 9.79 Å². The Morgan fingerprint density at radius 1 is 1.03 bits per heavy atom. The lowest BCUT2D eigenvalue weighted by atomic mass is 10.2. The third kappa shape index (κ3) is 8.35. The summed E-state index contributed by atoms with van der Waals surface area (Å²) in [4.78, 5) is 26.1. The molecule has 1 N–H and O–H groups in total. The van der Waals surface area contributed by atoms with Gasteiger partial charge in [-0.25, -0.2) is 0 Å². The van der Waals surface area contributed by atoms with Gasteiger partial charge in [0.15, 0.2) is 5.96 Å². The molecule has 180 valence electrons. The minimum absolute atomic E-state index is 0. The van der Waals surface area contributed by atoms with Gasteiger partial charge in [-0.2, -0.15) is 0 Å². The van der Waals surface area contributed by atoms with E-state index in [0.29, 0.717) is 24.7 Å². The van der Waals surface area contributed by atoms with E-state index in [0.717, 1.165) is 37.6 Å². The summed E-state index contributed by atoms with van der Waals surface area (Å²) in [5.41, 5.74) is 1.10. The Morgan fingerprint density at radius 2 is 1.72 bits per heavy atom. The molecule has 1 aromatic rings. The molecule has 2 aliphatic heterocycles. The molecule has 2 heterocycles. The summed E-state index contributed by atoms with van der Waals surface area (Å²) >= 11 is 5.95. The van der Waals surface area contributed by atoms with Crippen molar-refractivity contribution in [2.24, 2.45) is 4.99 Å². The standard InChI is InChI=1S/C23H37ClN6O.HI/c1-3-27-12-14-28(15-13-27)11-5-4-10-26-23(25-2)30-17-16-29(22(31)19-30)18-20-6-8-21(24)9-7-20;/h6-9H,3-5,10-19H2,1-2H3,(H,25,26);1H. The quantitative estimate of drug-likeness (QED) is 0.223. The molecule has 1 aromatic carbocycles. The van der Waals surface area contributed by atoms with E-state index in [2.05, 4.69) is 31.9 Å². The fourth-order valence-electron chi connectivity index (χ4n) is 4.19. The Morgan fingerprint density at radius 3 is 2.34 bits per heavy atom. The van der Waals surface area contributed by atoms with Crippen molar-refractivity contribution in [2.75, 3.05) is 72.5 Å². The first-order chi connectivity index (χ1) is 15.1. The highest BCUT2D eigenvalue weighted by atomic mass is 127. The summed E-state index contributed by atoms with van der Waals surface area (Å²) in [5, 5.41) is 4.16. The van der Waals surface area contributed by atoms with Gasteiger partial charge in [0.2, 0.25) is 5.91 Å². The maximum Gasteiger partial charge on any atom is 0.242 e. The molecule has 0 saturated carbocycles. The number of unbranched alkanes of at least 4 members (excludes halogenated alkanes) is 1. The molecule has 2 aliphatic rings. The number of guanidine groups is 1. The second kappa shape index (κ2) is 14.2. The first-order valence-corrected chi connectivity index (χ1v) is 11.9. The Balaban J connectivity index is 0.00000363. The number of rotatable bonds is 8. The van der Waals surface area contributed by atoms with Gasteiger partial charge < -0.3 is 24.9 Å². The number of hydrogen-bond acceptors (Lipinski definition) is 4. The van der Waals surface area contributed by atoms with Crippen LogP contribution in [0.4, 0.5) is 0 Å². The van der Waals surface area contributed by atoms with E-state index in [9.17, 15) is 4.79 Å². The van der Waals surface area contributed by atoms with Crippen LogP contribution < -0.4 is 5.32 Å². The molecule has 0 radical (unpaired) electrons. The first kappa shape index (κ1) is 27.1. The summed E-state index contributed by atoms with van der Waals surface area (Å²) in [6, 6.07) is 7.70. The van der Waals surface area contributed by atoms with Gasteiger partial charge in [-0.05, 0) is 43.6 Å². The van der Waals surface area contributed by atoms with Gasteiger partial charge in [-0.15, -0.1) is 24.0 Å². The van der Waals surface area contributed by atoms with Crippen LogP contribution in [-0.2, 0) is 11.3 Å². The van der Waals surface area contributed by atoms with Crippen LogP contribution in [0.1, 0.15) is 25.3 Å². The summed E-state index contributed by atoms with van der Waals surface area (Å²) in [7, 11) is 1.79. The summed E-state index contributed by atoms with van der Waals surface area (Å²) in [6.07, 6.45) is 2.29. The van der Waals surface area contributed by atoms with Gasteiger partial charge in [0.05, 0.1) is 6.54 Å². The molecule has 0 atom stereocenters. The minimum atomic E-state index is 0. The molecule has 7 nitrogen and oxygen atoms in total. The second-order valence-corrected chi connectivity index (χ2v) is 8.76. The predicted molar refractivity (Wildman–Crippen MR) is 143 cm³/mol. The molecule has 1 amide bonds. The summed E-state index contributed by atoms with van der Waals surface area (Å²) in [6.45, 7) is 12.7. The largest absolute Gasteiger partial charge is 0.356 e. The zero-order chi connectivity index (χ0) is 22.1. The number of piperazine rings is 2. The van der Waals surface area contributed by atoms with Crippen LogP contribution in [0, 0.1) is 0 Å². The molecule has 2 fully saturated rings. The Kier molecular flexibility index (Phi) is 12.1. The van der Waals surface area contributed by atoms with E-state index in [-0.39, 0.29) is 29.9 Å². The lowest BCUT2D eigenvalue weighted by Crippen LogP contribution is -2.55. The molecule has 32 heavy (non-hydrogen) atoms. The van der Waals surface area contributed by atoms with Crippen LogP contribution >= 0.6 is 35.6 Å². The van der Waals surface area contributed by atoms with Crippen LogP contribution in [0.25, 0.3) is 0 Å². The Bertz CT molecular complexity index is 724. The number of likely N-dealkylation sites (N-methyl/N-ethyl adjacent to an activating group) is 1. The highest BCUT2D eigenvalue weighted by Crippen LogP contribution is 2.13. The third-order valence-electron chi connectivity index (χ3n) is 6.21. The van der Waals surface area contributed by atoms with Crippen LogP contribution in [0.5, 0.6) is 0 Å². The van der Waals surface area contributed by atoms with Crippen molar-refractivity contribution in [3.63, 3.8) is 0 Å². The number of amides is 1. The van der Waals surface area contributed by atoms with E-state index in [1.54, 1.807) is 7.05 Å². The van der Waals surface area contributed by atoms with Gasteiger partial charge in [-0.1, -0.05) is 30.7 Å². The molecule has 9 heteroatoms. The maximum atomic E-state index is 12.7. The normalized spacial score (nSPS) is 18.6. The maximum absolute atomic E-state index is 12.7. The van der Waals surface area contributed by atoms with Crippen LogP contribution in [0.2, 0.25) is 5.02 Å². The number of carbonyl (C=O) groups is 1. The topological polar surface area (TPSA) is 54.4 Å². The number of carbonyl (C=O) groups excluding carboxylic acids is 1. The number of benzene rings is 1. The van der Waals surface area contributed by atoms with E-state index in [4.69, 9.17) is 11.6 Å². The number of aliphatic imine (C=N–C) groups is 1. The van der Waals surface area contributed by atoms with Crippen molar-refractivity contribution in [2.45, 2.75) is 26.3 Å². The molecular weight excluding hydrogens is 539 g/mol. The van der Waals surface area contributed by atoms with Gasteiger partial charge in [0.1, 0.15) is 0 Å². The first-order valence-electron chi connectivity index (χ1n) is 11.5. The molecule has 0 unspecified atom stereocenters. The van der Waals surface area contributed by atoms with Crippen molar-refractivity contribution in [3.05, 3.63) is 34.9 Å². The number of nitrogens with one attached hydrogen (secondary N) is 1. The monoisotopic (exact) mass is 576 g/mol. The highest BCUT2D eigenvalue weighted by Gasteiger charge is 2.25. The SMILES string of the molecule is CCN1CCN(CCCCNC(=NC)N2CCN(Cc3ccc(Cl)cc3)C(=O)C2)CC1.I. The predicted octanol–water partition coefficient (Wildman–Crippen LogP) is 2.60. The summed E-state index contributed by atoms with van der Waals surface area (Å²) in [5.74, 6) is 0.964. The van der Waals surface area contributed by atoms with Gasteiger partial charge in [0.25, 0.3) is 0 Å². The number of halogens is 2. The molecule has 0 aromatic heterocycles. The molecule has 0 spiro atoms. The fraction of sp³-hybridized carbons (Fsp3) is 0.652. The van der Waals surface area contributed by atoms with Crippen molar-refractivity contribution < 1.29 is 4.79 Å². The fourth-order valence-corrected chi connectivity index (χ4v) is 4.31. The molecule has 0 bridgehead atoms. The van der Waals surface area contributed by atoms with Crippen molar-refractivity contribution in [1.82, 2.24) is 24.9 Å². The van der Waals surface area contributed by atoms with Crippen LogP contribution in [0.3, 0.4) is 0 Å². The third-order valence-corrected chi connectivity index (χ3v) is 6.47. The van der Waals surface area contributed by atoms with Crippen LogP contribution in [0.15, 0.2) is 29.3 Å². The molecule has 2 saturated heterocycles. The Hall–Kier alpha value is -1.10. The van der Waals surface area contributed by atoms with Crippen LogP contribution in [-0.4, -0.2) is 104 Å².